The van der Waals surface area contributed by atoms with Crippen LogP contribution in [0.3, 0.4) is 0 Å². The third kappa shape index (κ3) is 2.20. The molecule has 0 unspecified atom stereocenters. The van der Waals surface area contributed by atoms with Gasteiger partial charge in [0.1, 0.15) is 0 Å². The van der Waals surface area contributed by atoms with Crippen LogP contribution < -0.4 is 5.46 Å². The van der Waals surface area contributed by atoms with Crippen molar-refractivity contribution in [2.75, 3.05) is 0 Å². The molecule has 6 nitrogen and oxygen atoms in total. The first-order valence-electron chi connectivity index (χ1n) is 6.06. The van der Waals surface area contributed by atoms with Crippen molar-refractivity contribution in [3.8, 4) is 17.1 Å². The van der Waals surface area contributed by atoms with Crippen LogP contribution in [-0.2, 0) is 0 Å². The Bertz CT molecular complexity index is 715. The van der Waals surface area contributed by atoms with Crippen LogP contribution in [-0.4, -0.2) is 37.4 Å². The van der Waals surface area contributed by atoms with Gasteiger partial charge in [-0.3, -0.25) is 0 Å². The Labute approximate surface area is 115 Å². The summed E-state index contributed by atoms with van der Waals surface area (Å²) in [4.78, 5) is 0. The Balaban J connectivity index is 2.16. The summed E-state index contributed by atoms with van der Waals surface area (Å²) in [5, 5.41) is 30.5. The first-order chi connectivity index (χ1) is 9.77. The third-order valence-corrected chi connectivity index (χ3v) is 2.95. The maximum Gasteiger partial charge on any atom is 0.489 e. The first kappa shape index (κ1) is 12.5. The molecule has 20 heavy (non-hydrogen) atoms. The van der Waals surface area contributed by atoms with Crippen molar-refractivity contribution in [2.24, 2.45) is 0 Å². The normalized spacial score (nSPS) is 10.5. The monoisotopic (exact) mass is 266 g/mol. The van der Waals surface area contributed by atoms with E-state index < -0.39 is 7.12 Å². The average Bonchev–Trinajstić information content (AvgIpc) is 2.97. The molecule has 3 rings (SSSR count). The molecule has 0 spiro atoms. The zero-order valence-electron chi connectivity index (χ0n) is 10.5. The Morgan fingerprint density at radius 3 is 2.35 bits per heavy atom. The number of aromatic nitrogens is 4. The molecular weight excluding hydrogens is 255 g/mol. The molecule has 0 bridgehead atoms. The van der Waals surface area contributed by atoms with Crippen molar-refractivity contribution in [1.82, 2.24) is 20.2 Å². The number of para-hydroxylation sites is 1. The number of hydrogen-bond acceptors (Lipinski definition) is 5. The van der Waals surface area contributed by atoms with Gasteiger partial charge in [-0.2, -0.15) is 4.68 Å². The summed E-state index contributed by atoms with van der Waals surface area (Å²) in [5.74, 6) is 0.458. The van der Waals surface area contributed by atoms with Gasteiger partial charge in [0, 0.05) is 5.56 Å². The first-order valence-corrected chi connectivity index (χ1v) is 6.06. The van der Waals surface area contributed by atoms with E-state index in [1.165, 1.54) is 0 Å². The minimum atomic E-state index is -1.58. The van der Waals surface area contributed by atoms with E-state index in [2.05, 4.69) is 15.5 Å². The van der Waals surface area contributed by atoms with Crippen molar-refractivity contribution < 1.29 is 10.0 Å². The summed E-state index contributed by atoms with van der Waals surface area (Å²) in [6.07, 6.45) is 0. The maximum atomic E-state index is 9.44. The fourth-order valence-electron chi connectivity index (χ4n) is 2.02. The lowest BCUT2D eigenvalue weighted by atomic mass is 9.77. The van der Waals surface area contributed by atoms with Gasteiger partial charge in [-0.15, -0.1) is 5.10 Å². The van der Waals surface area contributed by atoms with E-state index in [1.54, 1.807) is 28.9 Å². The average molecular weight is 266 g/mol. The second kappa shape index (κ2) is 5.24. The van der Waals surface area contributed by atoms with Gasteiger partial charge in [0.15, 0.2) is 5.82 Å². The van der Waals surface area contributed by atoms with Gasteiger partial charge in [0.2, 0.25) is 0 Å². The van der Waals surface area contributed by atoms with Crippen molar-refractivity contribution in [3.05, 3.63) is 54.6 Å². The van der Waals surface area contributed by atoms with Crippen molar-refractivity contribution in [2.45, 2.75) is 0 Å². The molecule has 0 saturated heterocycles. The van der Waals surface area contributed by atoms with Gasteiger partial charge >= 0.3 is 7.12 Å². The van der Waals surface area contributed by atoms with E-state index in [4.69, 9.17) is 0 Å². The largest absolute Gasteiger partial charge is 0.489 e. The van der Waals surface area contributed by atoms with Crippen LogP contribution in [0.4, 0.5) is 0 Å². The molecule has 0 aliphatic carbocycles. The third-order valence-electron chi connectivity index (χ3n) is 2.95. The van der Waals surface area contributed by atoms with Gasteiger partial charge < -0.3 is 10.0 Å². The smallest absolute Gasteiger partial charge is 0.423 e. The lowest BCUT2D eigenvalue weighted by Gasteiger charge is -2.08. The van der Waals surface area contributed by atoms with Crippen molar-refractivity contribution in [3.63, 3.8) is 0 Å². The highest BCUT2D eigenvalue weighted by Gasteiger charge is 2.20. The van der Waals surface area contributed by atoms with Crippen molar-refractivity contribution in [1.29, 1.82) is 0 Å². The number of rotatable bonds is 3. The molecule has 0 saturated carbocycles. The number of tetrazole rings is 1. The molecule has 7 heteroatoms. The van der Waals surface area contributed by atoms with Crippen LogP contribution >= 0.6 is 0 Å². The predicted octanol–water partition coefficient (Wildman–Crippen LogP) is 0.00910. The van der Waals surface area contributed by atoms with Crippen molar-refractivity contribution >= 4 is 12.6 Å². The molecule has 3 aromatic rings. The Morgan fingerprint density at radius 1 is 0.900 bits per heavy atom. The molecule has 1 aromatic heterocycles. The van der Waals surface area contributed by atoms with E-state index in [-0.39, 0.29) is 0 Å². The topological polar surface area (TPSA) is 84.1 Å². The molecule has 2 aromatic carbocycles. The summed E-state index contributed by atoms with van der Waals surface area (Å²) < 4.78 is 1.56. The molecule has 2 N–H and O–H groups in total. The second-order valence-corrected chi connectivity index (χ2v) is 4.21. The van der Waals surface area contributed by atoms with Gasteiger partial charge in [-0.25, -0.2) is 0 Å². The molecule has 0 aliphatic rings. The van der Waals surface area contributed by atoms with E-state index in [0.717, 1.165) is 5.69 Å². The molecule has 0 radical (unpaired) electrons. The molecule has 1 heterocycles. The van der Waals surface area contributed by atoms with Gasteiger partial charge in [-0.1, -0.05) is 42.5 Å². The van der Waals surface area contributed by atoms with Crippen LogP contribution in [0.1, 0.15) is 0 Å². The SMILES string of the molecule is OB(O)c1ccccc1-c1nnnn1-c1ccccc1. The van der Waals surface area contributed by atoms with Gasteiger partial charge in [0.25, 0.3) is 0 Å². The van der Waals surface area contributed by atoms with E-state index >= 15 is 0 Å². The van der Waals surface area contributed by atoms with Crippen LogP contribution in [0.5, 0.6) is 0 Å². The Kier molecular flexibility index (Phi) is 3.28. The fraction of sp³-hybridized carbons (Fsp3) is 0. The van der Waals surface area contributed by atoms with E-state index in [0.29, 0.717) is 16.9 Å². The number of benzene rings is 2. The number of hydrogen-bond donors (Lipinski definition) is 2. The Hall–Kier alpha value is -2.51. The molecule has 98 valence electrons. The summed E-state index contributed by atoms with van der Waals surface area (Å²) >= 11 is 0. The van der Waals surface area contributed by atoms with E-state index in [9.17, 15) is 10.0 Å². The van der Waals surface area contributed by atoms with Crippen LogP contribution in [0.25, 0.3) is 17.1 Å². The van der Waals surface area contributed by atoms with Gasteiger partial charge in [0.05, 0.1) is 5.69 Å². The maximum absolute atomic E-state index is 9.44. The molecule has 0 atom stereocenters. The van der Waals surface area contributed by atoms with Crippen LogP contribution in [0.2, 0.25) is 0 Å². The zero-order chi connectivity index (χ0) is 13.9. The second-order valence-electron chi connectivity index (χ2n) is 4.21. The minimum Gasteiger partial charge on any atom is -0.423 e. The van der Waals surface area contributed by atoms with E-state index in [1.807, 2.05) is 30.3 Å². The summed E-state index contributed by atoms with van der Waals surface area (Å²) in [6, 6.07) is 16.3. The standard InChI is InChI=1S/C13H11BN4O2/c19-14(20)12-9-5-4-8-11(12)13-15-16-17-18(13)10-6-2-1-3-7-10/h1-9,19-20H. The zero-order valence-corrected chi connectivity index (χ0v) is 10.5. The highest BCUT2D eigenvalue weighted by molar-refractivity contribution is 6.60. The quantitative estimate of drug-likeness (QED) is 0.652. The number of nitrogens with zero attached hydrogens (tertiary/aromatic N) is 4. The lowest BCUT2D eigenvalue weighted by Crippen LogP contribution is -2.32. The lowest BCUT2D eigenvalue weighted by molar-refractivity contribution is 0.426. The van der Waals surface area contributed by atoms with Gasteiger partial charge in [-0.05, 0) is 28.0 Å². The summed E-state index contributed by atoms with van der Waals surface area (Å²) in [6.45, 7) is 0. The summed E-state index contributed by atoms with van der Waals surface area (Å²) in [7, 11) is -1.58. The van der Waals surface area contributed by atoms with Crippen LogP contribution in [0, 0.1) is 0 Å². The Morgan fingerprint density at radius 2 is 1.60 bits per heavy atom. The van der Waals surface area contributed by atoms with Crippen LogP contribution in [0.15, 0.2) is 54.6 Å². The molecule has 0 aliphatic heterocycles. The molecule has 0 amide bonds. The summed E-state index contributed by atoms with van der Waals surface area (Å²) in [5.41, 5.74) is 1.74. The minimum absolute atomic E-state index is 0.361. The highest BCUT2D eigenvalue weighted by atomic mass is 16.4. The fourth-order valence-corrected chi connectivity index (χ4v) is 2.02. The molecular formula is C13H11BN4O2. The highest BCUT2D eigenvalue weighted by Crippen LogP contribution is 2.17. The predicted molar refractivity (Wildman–Crippen MR) is 74.4 cm³/mol. The molecule has 0 fully saturated rings.